The molecule has 0 aliphatic rings. The second kappa shape index (κ2) is 15.0. The fourth-order valence-corrected chi connectivity index (χ4v) is 10.9. The van der Waals surface area contributed by atoms with E-state index in [1.54, 1.807) is 0 Å². The number of thiophene rings is 1. The second-order valence-electron chi connectivity index (χ2n) is 16.0. The Kier molecular flexibility index (Phi) is 8.76. The molecule has 62 heavy (non-hydrogen) atoms. The van der Waals surface area contributed by atoms with Gasteiger partial charge in [0.25, 0.3) is 0 Å². The molecule has 12 aromatic rings. The third kappa shape index (κ3) is 5.99. The molecule has 0 fully saturated rings. The molecule has 0 bridgehead atoms. The number of anilines is 3. The lowest BCUT2D eigenvalue weighted by molar-refractivity contribution is 1.29. The molecule has 0 radical (unpaired) electrons. The molecule has 2 heteroatoms. The lowest BCUT2D eigenvalue weighted by Crippen LogP contribution is -2.12. The molecule has 0 saturated carbocycles. The fourth-order valence-electron chi connectivity index (χ4n) is 9.73. The van der Waals surface area contributed by atoms with E-state index in [0.717, 1.165) is 22.6 Å². The Labute approximate surface area is 365 Å². The van der Waals surface area contributed by atoms with Crippen LogP contribution in [0.2, 0.25) is 0 Å². The Morgan fingerprint density at radius 3 is 1.61 bits per heavy atom. The molecular formula is C60H39NS. The van der Waals surface area contributed by atoms with Crippen LogP contribution in [0.1, 0.15) is 0 Å². The summed E-state index contributed by atoms with van der Waals surface area (Å²) < 4.78 is 2.59. The van der Waals surface area contributed by atoms with Crippen LogP contribution in [0.4, 0.5) is 17.1 Å². The van der Waals surface area contributed by atoms with Gasteiger partial charge in [-0.15, -0.1) is 11.3 Å². The topological polar surface area (TPSA) is 3.24 Å². The van der Waals surface area contributed by atoms with E-state index in [1.165, 1.54) is 91.4 Å². The Bertz CT molecular complexity index is 3650. The minimum absolute atomic E-state index is 1.09. The Hall–Kier alpha value is -7.78. The van der Waals surface area contributed by atoms with Crippen LogP contribution in [-0.2, 0) is 0 Å². The first-order valence-corrected chi connectivity index (χ1v) is 22.1. The van der Waals surface area contributed by atoms with Gasteiger partial charge in [0.15, 0.2) is 0 Å². The quantitative estimate of drug-likeness (QED) is 0.145. The van der Waals surface area contributed by atoms with Crippen molar-refractivity contribution in [3.63, 3.8) is 0 Å². The van der Waals surface area contributed by atoms with Gasteiger partial charge in [0.2, 0.25) is 0 Å². The van der Waals surface area contributed by atoms with Gasteiger partial charge in [0.1, 0.15) is 0 Å². The van der Waals surface area contributed by atoms with E-state index in [0.29, 0.717) is 0 Å². The van der Waals surface area contributed by atoms with Gasteiger partial charge < -0.3 is 4.90 Å². The molecule has 0 N–H and O–H groups in total. The van der Waals surface area contributed by atoms with Crippen molar-refractivity contribution >= 4 is 80.9 Å². The number of fused-ring (bicyclic) bond motifs is 7. The molecule has 1 heterocycles. The summed E-state index contributed by atoms with van der Waals surface area (Å²) in [5.74, 6) is 0. The van der Waals surface area contributed by atoms with Crippen molar-refractivity contribution in [3.05, 3.63) is 237 Å². The van der Waals surface area contributed by atoms with Crippen molar-refractivity contribution in [2.24, 2.45) is 0 Å². The molecule has 290 valence electrons. The van der Waals surface area contributed by atoms with Gasteiger partial charge in [-0.1, -0.05) is 200 Å². The minimum Gasteiger partial charge on any atom is -0.309 e. The standard InChI is InChI=1S/C60H39NS/c1-2-17-40(18-3-1)47-29-13-20-42-21-14-31-52(59(42)47)50-25-6-9-33-55(50)61(56-34-10-7-26-51(56)53-32-16-36-58-60(53)54-27-8-11-35-57(54)62-58)44-23-12-22-43(39-44)46-28-15-30-48-45-24-5-4-19-41(45)37-38-49(46)48/h1-39H. The van der Waals surface area contributed by atoms with E-state index in [4.69, 9.17) is 0 Å². The van der Waals surface area contributed by atoms with E-state index in [1.807, 2.05) is 11.3 Å². The first-order chi connectivity index (χ1) is 30.8. The van der Waals surface area contributed by atoms with Gasteiger partial charge in [0.05, 0.1) is 11.4 Å². The van der Waals surface area contributed by atoms with Crippen molar-refractivity contribution in [1.82, 2.24) is 0 Å². The Balaban J connectivity index is 1.13. The zero-order valence-electron chi connectivity index (χ0n) is 33.9. The highest BCUT2D eigenvalue weighted by molar-refractivity contribution is 7.25. The molecule has 11 aromatic carbocycles. The number of para-hydroxylation sites is 2. The minimum atomic E-state index is 1.09. The Morgan fingerprint density at radius 1 is 0.274 bits per heavy atom. The van der Waals surface area contributed by atoms with Crippen LogP contribution >= 0.6 is 11.3 Å². The van der Waals surface area contributed by atoms with Gasteiger partial charge in [0, 0.05) is 37.0 Å². The summed E-state index contributed by atoms with van der Waals surface area (Å²) in [7, 11) is 0. The molecule has 1 nitrogen and oxygen atoms in total. The maximum atomic E-state index is 2.51. The normalized spacial score (nSPS) is 11.5. The van der Waals surface area contributed by atoms with Crippen molar-refractivity contribution in [1.29, 1.82) is 0 Å². The third-order valence-electron chi connectivity index (χ3n) is 12.5. The molecule has 0 amide bonds. The molecule has 0 spiro atoms. The SMILES string of the molecule is c1ccc(-c2cccc3cccc(-c4ccccc4N(c4cccc(-c5cccc6c5ccc5ccccc56)c4)c4ccccc4-c4cccc5sc6ccccc6c45)c23)cc1. The van der Waals surface area contributed by atoms with Crippen LogP contribution in [0.25, 0.3) is 97.0 Å². The largest absolute Gasteiger partial charge is 0.309 e. The van der Waals surface area contributed by atoms with Gasteiger partial charge >= 0.3 is 0 Å². The third-order valence-corrected chi connectivity index (χ3v) is 13.6. The zero-order valence-corrected chi connectivity index (χ0v) is 34.7. The highest BCUT2D eigenvalue weighted by atomic mass is 32.1. The van der Waals surface area contributed by atoms with Gasteiger partial charge in [-0.25, -0.2) is 0 Å². The predicted molar refractivity (Wildman–Crippen MR) is 268 cm³/mol. The maximum Gasteiger partial charge on any atom is 0.0540 e. The molecule has 0 aliphatic carbocycles. The molecule has 0 atom stereocenters. The summed E-state index contributed by atoms with van der Waals surface area (Å²) >= 11 is 1.87. The van der Waals surface area contributed by atoms with Crippen LogP contribution in [0.5, 0.6) is 0 Å². The van der Waals surface area contributed by atoms with E-state index in [-0.39, 0.29) is 0 Å². The van der Waals surface area contributed by atoms with Gasteiger partial charge in [-0.3, -0.25) is 0 Å². The number of hydrogen-bond donors (Lipinski definition) is 0. The highest BCUT2D eigenvalue weighted by Crippen LogP contribution is 2.50. The van der Waals surface area contributed by atoms with E-state index < -0.39 is 0 Å². The number of rotatable bonds is 7. The lowest BCUT2D eigenvalue weighted by Gasteiger charge is -2.31. The summed E-state index contributed by atoms with van der Waals surface area (Å²) in [5, 5.41) is 10.1. The summed E-state index contributed by atoms with van der Waals surface area (Å²) in [4.78, 5) is 2.51. The molecule has 1 aromatic heterocycles. The van der Waals surface area contributed by atoms with E-state index >= 15 is 0 Å². The van der Waals surface area contributed by atoms with E-state index in [2.05, 4.69) is 241 Å². The summed E-state index contributed by atoms with van der Waals surface area (Å²) in [6.45, 7) is 0. The number of nitrogens with zero attached hydrogens (tertiary/aromatic N) is 1. The average molecular weight is 806 g/mol. The van der Waals surface area contributed by atoms with Crippen LogP contribution in [-0.4, -0.2) is 0 Å². The average Bonchev–Trinajstić information content (AvgIpc) is 3.73. The smallest absolute Gasteiger partial charge is 0.0540 e. The van der Waals surface area contributed by atoms with Gasteiger partial charge in [-0.05, 0) is 102 Å². The lowest BCUT2D eigenvalue weighted by atomic mass is 9.90. The second-order valence-corrected chi connectivity index (χ2v) is 17.0. The van der Waals surface area contributed by atoms with Crippen molar-refractivity contribution < 1.29 is 0 Å². The first-order valence-electron chi connectivity index (χ1n) is 21.3. The van der Waals surface area contributed by atoms with Crippen molar-refractivity contribution in [2.75, 3.05) is 4.90 Å². The molecule has 0 aliphatic heterocycles. The van der Waals surface area contributed by atoms with E-state index in [9.17, 15) is 0 Å². The Morgan fingerprint density at radius 2 is 0.806 bits per heavy atom. The number of hydrogen-bond acceptors (Lipinski definition) is 2. The molecule has 0 unspecified atom stereocenters. The fraction of sp³-hybridized carbons (Fsp3) is 0. The zero-order chi connectivity index (χ0) is 41.0. The van der Waals surface area contributed by atoms with Gasteiger partial charge in [-0.2, -0.15) is 0 Å². The summed E-state index contributed by atoms with van der Waals surface area (Å²) in [5.41, 5.74) is 12.9. The predicted octanol–water partition coefficient (Wildman–Crippen LogP) is 17.7. The monoisotopic (exact) mass is 805 g/mol. The molecular weight excluding hydrogens is 767 g/mol. The number of benzene rings is 11. The van der Waals surface area contributed by atoms with Crippen LogP contribution in [0, 0.1) is 0 Å². The van der Waals surface area contributed by atoms with Crippen LogP contribution in [0.3, 0.4) is 0 Å². The summed E-state index contributed by atoms with van der Waals surface area (Å²) in [6, 6.07) is 86.9. The molecule has 0 saturated heterocycles. The highest BCUT2D eigenvalue weighted by Gasteiger charge is 2.24. The van der Waals surface area contributed by atoms with Crippen LogP contribution < -0.4 is 4.90 Å². The summed E-state index contributed by atoms with van der Waals surface area (Å²) in [6.07, 6.45) is 0. The maximum absolute atomic E-state index is 2.51. The van der Waals surface area contributed by atoms with Crippen molar-refractivity contribution in [2.45, 2.75) is 0 Å². The van der Waals surface area contributed by atoms with Crippen molar-refractivity contribution in [3.8, 4) is 44.5 Å². The first kappa shape index (κ1) is 36.1. The molecule has 12 rings (SSSR count). The van der Waals surface area contributed by atoms with Crippen LogP contribution in [0.15, 0.2) is 237 Å².